The van der Waals surface area contributed by atoms with Crippen molar-refractivity contribution < 1.29 is 14.0 Å². The van der Waals surface area contributed by atoms with Crippen molar-refractivity contribution in [1.29, 1.82) is 0 Å². The van der Waals surface area contributed by atoms with Crippen molar-refractivity contribution in [1.82, 2.24) is 15.2 Å². The highest BCUT2D eigenvalue weighted by atomic mass is 19.1. The largest absolute Gasteiger partial charge is 0.352 e. The fraction of sp³-hybridized carbons (Fsp3) is 0.435. The summed E-state index contributed by atoms with van der Waals surface area (Å²) in [5.74, 6) is 0.293. The Labute approximate surface area is 170 Å². The Morgan fingerprint density at radius 1 is 1.07 bits per heavy atom. The van der Waals surface area contributed by atoms with Crippen LogP contribution < -0.4 is 5.32 Å². The first-order chi connectivity index (χ1) is 14.0. The minimum absolute atomic E-state index is 0.0516. The third kappa shape index (κ3) is 4.63. The first-order valence-electron chi connectivity index (χ1n) is 10.3. The summed E-state index contributed by atoms with van der Waals surface area (Å²) in [6.45, 7) is 3.86. The lowest BCUT2D eigenvalue weighted by molar-refractivity contribution is 0.0710. The molecule has 1 aliphatic carbocycles. The number of hydrogen-bond acceptors (Lipinski definition) is 3. The molecule has 29 heavy (non-hydrogen) atoms. The summed E-state index contributed by atoms with van der Waals surface area (Å²) >= 11 is 0. The average Bonchev–Trinajstić information content (AvgIpc) is 3.57. The molecule has 2 amide bonds. The minimum atomic E-state index is -0.349. The van der Waals surface area contributed by atoms with Gasteiger partial charge in [0.15, 0.2) is 0 Å². The second-order valence-electron chi connectivity index (χ2n) is 8.11. The van der Waals surface area contributed by atoms with Gasteiger partial charge in [-0.25, -0.2) is 4.39 Å². The van der Waals surface area contributed by atoms with Gasteiger partial charge in [0.25, 0.3) is 11.8 Å². The van der Waals surface area contributed by atoms with Crippen molar-refractivity contribution in [2.24, 2.45) is 5.92 Å². The molecular formula is C23H26FN3O2. The van der Waals surface area contributed by atoms with Gasteiger partial charge in [0.1, 0.15) is 5.82 Å². The second-order valence-corrected chi connectivity index (χ2v) is 8.11. The van der Waals surface area contributed by atoms with Gasteiger partial charge >= 0.3 is 0 Å². The molecule has 0 unspecified atom stereocenters. The van der Waals surface area contributed by atoms with E-state index in [0.717, 1.165) is 30.8 Å². The zero-order valence-electron chi connectivity index (χ0n) is 16.7. The highest BCUT2D eigenvalue weighted by molar-refractivity contribution is 5.96. The van der Waals surface area contributed by atoms with Crippen LogP contribution in [0.2, 0.25) is 0 Å². The van der Waals surface area contributed by atoms with Crippen LogP contribution in [0.1, 0.15) is 63.7 Å². The molecule has 1 aromatic heterocycles. The molecule has 1 aliphatic heterocycles. The van der Waals surface area contributed by atoms with Crippen LogP contribution in [0.5, 0.6) is 0 Å². The monoisotopic (exact) mass is 395 g/mol. The number of nitrogens with zero attached hydrogens (tertiary/aromatic N) is 2. The van der Waals surface area contributed by atoms with Gasteiger partial charge in [-0.1, -0.05) is 0 Å². The maximum atomic E-state index is 13.1. The molecule has 152 valence electrons. The first kappa shape index (κ1) is 19.6. The number of hydrogen-bond donors (Lipinski definition) is 1. The molecular weight excluding hydrogens is 369 g/mol. The lowest BCUT2D eigenvalue weighted by atomic mass is 9.89. The fourth-order valence-electron chi connectivity index (χ4n) is 3.87. The molecule has 6 heteroatoms. The van der Waals surface area contributed by atoms with Gasteiger partial charge in [0.05, 0.1) is 11.3 Å². The van der Waals surface area contributed by atoms with Gasteiger partial charge in [0, 0.05) is 36.8 Å². The highest BCUT2D eigenvalue weighted by Crippen LogP contribution is 2.31. The number of benzene rings is 1. The summed E-state index contributed by atoms with van der Waals surface area (Å²) in [6.07, 6.45) is 3.90. The van der Waals surface area contributed by atoms with Crippen LogP contribution in [0.3, 0.4) is 0 Å². The van der Waals surface area contributed by atoms with Gasteiger partial charge < -0.3 is 10.2 Å². The van der Waals surface area contributed by atoms with Gasteiger partial charge in [-0.15, -0.1) is 0 Å². The number of piperidine rings is 1. The van der Waals surface area contributed by atoms with Crippen LogP contribution in [0.15, 0.2) is 36.4 Å². The molecule has 2 aromatic rings. The number of aromatic nitrogens is 1. The molecule has 0 bridgehead atoms. The molecule has 2 fully saturated rings. The van der Waals surface area contributed by atoms with Crippen LogP contribution in [0, 0.1) is 18.7 Å². The quantitative estimate of drug-likeness (QED) is 0.840. The van der Waals surface area contributed by atoms with Gasteiger partial charge in [-0.05, 0) is 74.9 Å². The molecule has 5 nitrogen and oxygen atoms in total. The van der Waals surface area contributed by atoms with Crippen LogP contribution in [0.25, 0.3) is 0 Å². The van der Waals surface area contributed by atoms with Crippen LogP contribution >= 0.6 is 0 Å². The second kappa shape index (κ2) is 8.31. The summed E-state index contributed by atoms with van der Waals surface area (Å²) in [7, 11) is 0. The molecule has 4 rings (SSSR count). The predicted molar refractivity (Wildman–Crippen MR) is 108 cm³/mol. The first-order valence-corrected chi connectivity index (χ1v) is 10.3. The summed E-state index contributed by atoms with van der Waals surface area (Å²) in [4.78, 5) is 31.8. The zero-order valence-corrected chi connectivity index (χ0v) is 16.7. The molecule has 0 radical (unpaired) electrons. The number of rotatable bonds is 5. The van der Waals surface area contributed by atoms with Crippen LogP contribution in [0.4, 0.5) is 4.39 Å². The Hall–Kier alpha value is -2.76. The SMILES string of the molecule is Cc1ccc(C(=O)NCC2CC2)c(C2CCN(C(=O)c3ccc(F)cc3)CC2)n1. The standard InChI is InChI=1S/C23H26FN3O2/c1-15-2-9-20(22(28)25-14-16-3-4-16)21(26-15)17-10-12-27(13-11-17)23(29)18-5-7-19(24)8-6-18/h2,5-9,16-17H,3-4,10-14H2,1H3,(H,25,28). The lowest BCUT2D eigenvalue weighted by Crippen LogP contribution is -2.38. The Kier molecular flexibility index (Phi) is 5.60. The van der Waals surface area contributed by atoms with Crippen molar-refractivity contribution in [3.8, 4) is 0 Å². The highest BCUT2D eigenvalue weighted by Gasteiger charge is 2.29. The Morgan fingerprint density at radius 2 is 1.76 bits per heavy atom. The van der Waals surface area contributed by atoms with Crippen molar-refractivity contribution >= 4 is 11.8 Å². The topological polar surface area (TPSA) is 62.3 Å². The molecule has 1 saturated carbocycles. The third-order valence-electron chi connectivity index (χ3n) is 5.82. The summed E-state index contributed by atoms with van der Waals surface area (Å²) in [5.41, 5.74) is 2.88. The minimum Gasteiger partial charge on any atom is -0.352 e. The third-order valence-corrected chi connectivity index (χ3v) is 5.82. The molecule has 0 atom stereocenters. The number of nitrogens with one attached hydrogen (secondary N) is 1. The number of halogens is 1. The van der Waals surface area contributed by atoms with Gasteiger partial charge in [-0.3, -0.25) is 14.6 Å². The van der Waals surface area contributed by atoms with Crippen molar-refractivity contribution in [2.75, 3.05) is 19.6 Å². The number of aryl methyl sites for hydroxylation is 1. The van der Waals surface area contributed by atoms with E-state index in [1.807, 2.05) is 19.1 Å². The zero-order chi connectivity index (χ0) is 20.4. The van der Waals surface area contributed by atoms with E-state index in [9.17, 15) is 14.0 Å². The molecule has 2 heterocycles. The van der Waals surface area contributed by atoms with E-state index in [2.05, 4.69) is 5.32 Å². The number of likely N-dealkylation sites (tertiary alicyclic amines) is 1. The molecule has 0 spiro atoms. The van der Waals surface area contributed by atoms with Gasteiger partial charge in [0.2, 0.25) is 0 Å². The number of carbonyl (C=O) groups is 2. The molecule has 1 aromatic carbocycles. The molecule has 1 N–H and O–H groups in total. The molecule has 1 saturated heterocycles. The Balaban J connectivity index is 1.43. The van der Waals surface area contributed by atoms with Crippen molar-refractivity contribution in [2.45, 2.75) is 38.5 Å². The summed E-state index contributed by atoms with van der Waals surface area (Å²) in [5, 5.41) is 3.04. The average molecular weight is 395 g/mol. The smallest absolute Gasteiger partial charge is 0.253 e. The Bertz CT molecular complexity index is 901. The predicted octanol–water partition coefficient (Wildman–Crippen LogP) is 3.69. The fourth-order valence-corrected chi connectivity index (χ4v) is 3.87. The number of pyridine rings is 1. The van der Waals surface area contributed by atoms with E-state index < -0.39 is 0 Å². The van der Waals surface area contributed by atoms with E-state index in [1.165, 1.54) is 37.1 Å². The van der Waals surface area contributed by atoms with Crippen molar-refractivity contribution in [3.05, 3.63) is 64.7 Å². The number of amides is 2. The van der Waals surface area contributed by atoms with E-state index >= 15 is 0 Å². The van der Waals surface area contributed by atoms with E-state index in [-0.39, 0.29) is 23.5 Å². The van der Waals surface area contributed by atoms with Crippen LogP contribution in [-0.4, -0.2) is 41.3 Å². The summed E-state index contributed by atoms with van der Waals surface area (Å²) in [6, 6.07) is 9.41. The summed E-state index contributed by atoms with van der Waals surface area (Å²) < 4.78 is 13.1. The maximum Gasteiger partial charge on any atom is 0.253 e. The normalized spacial score (nSPS) is 17.2. The van der Waals surface area contributed by atoms with E-state index in [4.69, 9.17) is 4.98 Å². The lowest BCUT2D eigenvalue weighted by Gasteiger charge is -2.32. The number of carbonyl (C=O) groups excluding carboxylic acids is 2. The van der Waals surface area contributed by atoms with Gasteiger partial charge in [-0.2, -0.15) is 0 Å². The van der Waals surface area contributed by atoms with E-state index in [1.54, 1.807) is 4.90 Å². The van der Waals surface area contributed by atoms with Crippen molar-refractivity contribution in [3.63, 3.8) is 0 Å². The molecule has 2 aliphatic rings. The Morgan fingerprint density at radius 3 is 2.41 bits per heavy atom. The van der Waals surface area contributed by atoms with Crippen LogP contribution in [-0.2, 0) is 0 Å². The van der Waals surface area contributed by atoms with E-state index in [0.29, 0.717) is 30.1 Å². The maximum absolute atomic E-state index is 13.1.